The average molecular weight is 371 g/mol. The highest BCUT2D eigenvalue weighted by atomic mass is 19.1. The molecule has 142 valence electrons. The first-order chi connectivity index (χ1) is 13.0. The van der Waals surface area contributed by atoms with Crippen LogP contribution in [0, 0.1) is 5.82 Å². The van der Waals surface area contributed by atoms with E-state index in [1.807, 2.05) is 9.47 Å². The van der Waals surface area contributed by atoms with Crippen LogP contribution in [0.4, 0.5) is 10.1 Å². The minimum Gasteiger partial charge on any atom is -0.373 e. The summed E-state index contributed by atoms with van der Waals surface area (Å²) in [6.45, 7) is 4.16. The van der Waals surface area contributed by atoms with E-state index in [1.54, 1.807) is 12.3 Å². The van der Waals surface area contributed by atoms with Crippen molar-refractivity contribution in [3.63, 3.8) is 0 Å². The third-order valence-electron chi connectivity index (χ3n) is 5.87. The fourth-order valence-electron chi connectivity index (χ4n) is 4.30. The van der Waals surface area contributed by atoms with Crippen LogP contribution in [0.15, 0.2) is 23.1 Å². The standard InChI is InChI=1S/C20H22FN3O3/c1-11(25)14-8-24(12-2-3-12)17-7-18(15(21)6-13(17)20(14)26)23-9-16-19(10-23)27-5-4-22-16/h6-8,12,16,19,22H,2-5,9-10H2,1H3. The van der Waals surface area contributed by atoms with Gasteiger partial charge in [0.15, 0.2) is 11.2 Å². The molecule has 5 rings (SSSR count). The summed E-state index contributed by atoms with van der Waals surface area (Å²) in [4.78, 5) is 26.6. The minimum absolute atomic E-state index is 0.0551. The normalized spacial score (nSPS) is 25.0. The van der Waals surface area contributed by atoms with E-state index in [-0.39, 0.29) is 40.3 Å². The maximum absolute atomic E-state index is 15.0. The molecule has 7 heteroatoms. The molecule has 1 aromatic carbocycles. The number of carbonyl (C=O) groups excluding carboxylic acids is 1. The van der Waals surface area contributed by atoms with E-state index in [4.69, 9.17) is 4.74 Å². The zero-order valence-electron chi connectivity index (χ0n) is 15.2. The maximum atomic E-state index is 15.0. The number of benzene rings is 1. The van der Waals surface area contributed by atoms with E-state index in [0.29, 0.717) is 30.9 Å². The van der Waals surface area contributed by atoms with Crippen molar-refractivity contribution in [3.05, 3.63) is 39.9 Å². The summed E-state index contributed by atoms with van der Waals surface area (Å²) < 4.78 is 22.7. The van der Waals surface area contributed by atoms with Crippen molar-refractivity contribution in [2.75, 3.05) is 31.1 Å². The van der Waals surface area contributed by atoms with Crippen LogP contribution in [0.5, 0.6) is 0 Å². The van der Waals surface area contributed by atoms with Crippen LogP contribution in [-0.2, 0) is 4.74 Å². The van der Waals surface area contributed by atoms with E-state index in [2.05, 4.69) is 5.32 Å². The van der Waals surface area contributed by atoms with Crippen molar-refractivity contribution < 1.29 is 13.9 Å². The van der Waals surface area contributed by atoms with Gasteiger partial charge in [0.25, 0.3) is 0 Å². The molecule has 3 fully saturated rings. The molecule has 3 aliphatic rings. The molecule has 2 unspecified atom stereocenters. The largest absolute Gasteiger partial charge is 0.373 e. The molecule has 2 saturated heterocycles. The number of carbonyl (C=O) groups is 1. The Morgan fingerprint density at radius 1 is 1.30 bits per heavy atom. The quantitative estimate of drug-likeness (QED) is 0.835. The molecular formula is C20H22FN3O3. The van der Waals surface area contributed by atoms with Crippen molar-refractivity contribution in [3.8, 4) is 0 Å². The number of nitrogens with zero attached hydrogens (tertiary/aromatic N) is 2. The summed E-state index contributed by atoms with van der Waals surface area (Å²) >= 11 is 0. The third kappa shape index (κ3) is 2.76. The number of fused-ring (bicyclic) bond motifs is 2. The van der Waals surface area contributed by atoms with Crippen molar-refractivity contribution in [2.24, 2.45) is 0 Å². The van der Waals surface area contributed by atoms with Crippen LogP contribution in [0.2, 0.25) is 0 Å². The average Bonchev–Trinajstić information content (AvgIpc) is 3.39. The van der Waals surface area contributed by atoms with E-state index in [9.17, 15) is 14.0 Å². The van der Waals surface area contributed by atoms with Gasteiger partial charge < -0.3 is 19.5 Å². The number of aromatic nitrogens is 1. The van der Waals surface area contributed by atoms with Crippen molar-refractivity contribution in [2.45, 2.75) is 38.0 Å². The molecule has 6 nitrogen and oxygen atoms in total. The number of morpholine rings is 1. The van der Waals surface area contributed by atoms with Gasteiger partial charge in [-0.1, -0.05) is 0 Å². The lowest BCUT2D eigenvalue weighted by Crippen LogP contribution is -2.47. The molecule has 0 amide bonds. The fraction of sp³-hybridized carbons (Fsp3) is 0.500. The molecule has 0 radical (unpaired) electrons. The highest BCUT2D eigenvalue weighted by Crippen LogP contribution is 2.38. The second kappa shape index (κ2) is 6.14. The first-order valence-electron chi connectivity index (χ1n) is 9.52. The van der Waals surface area contributed by atoms with Crippen LogP contribution in [0.1, 0.15) is 36.2 Å². The summed E-state index contributed by atoms with van der Waals surface area (Å²) in [5.74, 6) is -0.714. The van der Waals surface area contributed by atoms with Crippen LogP contribution < -0.4 is 15.6 Å². The minimum atomic E-state index is -0.429. The Bertz CT molecular complexity index is 984. The predicted octanol–water partition coefficient (Wildman–Crippen LogP) is 1.86. The third-order valence-corrected chi connectivity index (χ3v) is 5.87. The van der Waals surface area contributed by atoms with Gasteiger partial charge in [0.2, 0.25) is 0 Å². The predicted molar refractivity (Wildman–Crippen MR) is 100 cm³/mol. The maximum Gasteiger partial charge on any atom is 0.200 e. The number of halogens is 1. The molecule has 1 aliphatic carbocycles. The van der Waals surface area contributed by atoms with Crippen LogP contribution >= 0.6 is 0 Å². The molecule has 0 spiro atoms. The Kier molecular flexibility index (Phi) is 3.84. The molecule has 2 aromatic rings. The Morgan fingerprint density at radius 3 is 2.81 bits per heavy atom. The Morgan fingerprint density at radius 2 is 2.11 bits per heavy atom. The molecule has 1 N–H and O–H groups in total. The SMILES string of the molecule is CC(=O)c1cn(C2CC2)c2cc(N3CC4NCCOC4C3)c(F)cc2c1=O. The Hall–Kier alpha value is -2.25. The number of pyridine rings is 1. The molecule has 2 atom stereocenters. The number of Topliss-reactive ketones (excluding diaryl/α,β-unsaturated/α-hetero) is 1. The molecule has 1 aromatic heterocycles. The van der Waals surface area contributed by atoms with Gasteiger partial charge in [-0.05, 0) is 31.9 Å². The van der Waals surface area contributed by atoms with Gasteiger partial charge in [0, 0.05) is 37.3 Å². The summed E-state index contributed by atoms with van der Waals surface area (Å²) in [5, 5.41) is 3.70. The fourth-order valence-corrected chi connectivity index (χ4v) is 4.30. The van der Waals surface area contributed by atoms with E-state index < -0.39 is 5.82 Å². The number of hydrogen-bond donors (Lipinski definition) is 1. The Balaban J connectivity index is 1.64. The Labute approximate surface area is 155 Å². The number of rotatable bonds is 3. The second-order valence-corrected chi connectivity index (χ2v) is 7.76. The van der Waals surface area contributed by atoms with Gasteiger partial charge in [-0.2, -0.15) is 0 Å². The van der Waals surface area contributed by atoms with Crippen molar-refractivity contribution >= 4 is 22.4 Å². The van der Waals surface area contributed by atoms with Crippen LogP contribution in [0.25, 0.3) is 10.9 Å². The summed E-state index contributed by atoms with van der Waals surface area (Å²) in [5.41, 5.74) is 0.936. The van der Waals surface area contributed by atoms with Crippen molar-refractivity contribution in [1.29, 1.82) is 0 Å². The number of hydrogen-bond acceptors (Lipinski definition) is 5. The van der Waals surface area contributed by atoms with Gasteiger partial charge in [-0.3, -0.25) is 9.59 Å². The molecular weight excluding hydrogens is 349 g/mol. The topological polar surface area (TPSA) is 63.6 Å². The van der Waals surface area contributed by atoms with Crippen LogP contribution in [0.3, 0.4) is 0 Å². The zero-order valence-corrected chi connectivity index (χ0v) is 15.2. The molecule has 3 heterocycles. The molecule has 0 bridgehead atoms. The molecule has 27 heavy (non-hydrogen) atoms. The number of anilines is 1. The lowest BCUT2D eigenvalue weighted by molar-refractivity contribution is 0.0212. The smallest absolute Gasteiger partial charge is 0.200 e. The second-order valence-electron chi connectivity index (χ2n) is 7.76. The van der Waals surface area contributed by atoms with E-state index in [1.165, 1.54) is 13.0 Å². The first-order valence-corrected chi connectivity index (χ1v) is 9.52. The highest BCUT2D eigenvalue weighted by molar-refractivity contribution is 5.97. The summed E-state index contributed by atoms with van der Waals surface area (Å²) in [6.07, 6.45) is 3.72. The van der Waals surface area contributed by atoms with Gasteiger partial charge in [-0.25, -0.2) is 4.39 Å². The van der Waals surface area contributed by atoms with Crippen molar-refractivity contribution in [1.82, 2.24) is 9.88 Å². The lowest BCUT2D eigenvalue weighted by Gasteiger charge is -2.25. The molecule has 2 aliphatic heterocycles. The van der Waals surface area contributed by atoms with Crippen LogP contribution in [-0.4, -0.2) is 48.7 Å². The van der Waals surface area contributed by atoms with Gasteiger partial charge in [-0.15, -0.1) is 0 Å². The highest BCUT2D eigenvalue weighted by Gasteiger charge is 2.37. The van der Waals surface area contributed by atoms with Gasteiger partial charge in [0.1, 0.15) is 5.82 Å². The number of ether oxygens (including phenoxy) is 1. The van der Waals surface area contributed by atoms with E-state index in [0.717, 1.165) is 19.4 Å². The molecule has 1 saturated carbocycles. The first kappa shape index (κ1) is 16.9. The summed E-state index contributed by atoms with van der Waals surface area (Å²) in [7, 11) is 0. The monoisotopic (exact) mass is 371 g/mol. The van der Waals surface area contributed by atoms with Gasteiger partial charge in [0.05, 0.1) is 35.5 Å². The van der Waals surface area contributed by atoms with E-state index >= 15 is 0 Å². The lowest BCUT2D eigenvalue weighted by atomic mass is 10.1. The summed E-state index contributed by atoms with van der Waals surface area (Å²) in [6, 6.07) is 3.54. The number of ketones is 1. The number of nitrogens with one attached hydrogen (secondary N) is 1. The zero-order chi connectivity index (χ0) is 18.7. The van der Waals surface area contributed by atoms with Gasteiger partial charge >= 0.3 is 0 Å².